The SMILES string of the molecule is COc1cc(C)nc(N2CCCC(C(=O)NNC(=O)COc3ccc(Cl)cc3)C2)n1. The first-order chi connectivity index (χ1) is 14.4. The fraction of sp³-hybridized carbons (Fsp3) is 0.400. The number of aryl methyl sites for hydroxylation is 1. The van der Waals surface area contributed by atoms with E-state index < -0.39 is 5.91 Å². The number of anilines is 1. The van der Waals surface area contributed by atoms with Gasteiger partial charge in [-0.25, -0.2) is 4.98 Å². The summed E-state index contributed by atoms with van der Waals surface area (Å²) in [5.74, 6) is 0.502. The van der Waals surface area contributed by atoms with E-state index in [4.69, 9.17) is 21.1 Å². The number of nitrogens with zero attached hydrogens (tertiary/aromatic N) is 3. The van der Waals surface area contributed by atoms with Crippen LogP contribution in [-0.4, -0.2) is 48.6 Å². The Morgan fingerprint density at radius 3 is 2.73 bits per heavy atom. The molecule has 0 aliphatic carbocycles. The van der Waals surface area contributed by atoms with E-state index >= 15 is 0 Å². The molecule has 0 radical (unpaired) electrons. The van der Waals surface area contributed by atoms with Crippen molar-refractivity contribution in [2.45, 2.75) is 19.8 Å². The van der Waals surface area contributed by atoms with Crippen molar-refractivity contribution in [3.63, 3.8) is 0 Å². The highest BCUT2D eigenvalue weighted by Gasteiger charge is 2.27. The van der Waals surface area contributed by atoms with Gasteiger partial charge in [-0.3, -0.25) is 20.4 Å². The minimum absolute atomic E-state index is 0.227. The van der Waals surface area contributed by atoms with Gasteiger partial charge in [0.15, 0.2) is 6.61 Å². The zero-order chi connectivity index (χ0) is 21.5. The molecule has 1 saturated heterocycles. The molecule has 1 fully saturated rings. The molecule has 30 heavy (non-hydrogen) atoms. The van der Waals surface area contributed by atoms with E-state index in [0.717, 1.165) is 18.7 Å². The number of hydrogen-bond acceptors (Lipinski definition) is 7. The number of hydrazine groups is 1. The van der Waals surface area contributed by atoms with Crippen molar-refractivity contribution in [3.05, 3.63) is 41.0 Å². The minimum Gasteiger partial charge on any atom is -0.484 e. The number of halogens is 1. The summed E-state index contributed by atoms with van der Waals surface area (Å²) in [6, 6.07) is 8.40. The van der Waals surface area contributed by atoms with E-state index in [1.165, 1.54) is 0 Å². The summed E-state index contributed by atoms with van der Waals surface area (Å²) < 4.78 is 10.6. The summed E-state index contributed by atoms with van der Waals surface area (Å²) in [5, 5.41) is 0.579. The number of carbonyl (C=O) groups is 2. The van der Waals surface area contributed by atoms with Crippen LogP contribution in [0.3, 0.4) is 0 Å². The Labute approximate surface area is 179 Å². The van der Waals surface area contributed by atoms with Gasteiger partial charge in [0.2, 0.25) is 17.7 Å². The van der Waals surface area contributed by atoms with Crippen molar-refractivity contribution in [2.24, 2.45) is 5.92 Å². The zero-order valence-electron chi connectivity index (χ0n) is 16.9. The molecule has 9 nitrogen and oxygen atoms in total. The maximum atomic E-state index is 12.5. The van der Waals surface area contributed by atoms with Crippen LogP contribution in [0.5, 0.6) is 11.6 Å². The highest BCUT2D eigenvalue weighted by atomic mass is 35.5. The molecule has 0 saturated carbocycles. The van der Waals surface area contributed by atoms with Crippen LogP contribution in [0.25, 0.3) is 0 Å². The van der Waals surface area contributed by atoms with E-state index in [9.17, 15) is 9.59 Å². The van der Waals surface area contributed by atoms with E-state index in [1.807, 2.05) is 11.8 Å². The predicted octanol–water partition coefficient (Wildman–Crippen LogP) is 1.89. The molecule has 1 unspecified atom stereocenters. The summed E-state index contributed by atoms with van der Waals surface area (Å²) in [7, 11) is 1.55. The Hall–Kier alpha value is -3.07. The fourth-order valence-electron chi connectivity index (χ4n) is 3.09. The average molecular weight is 434 g/mol. The first kappa shape index (κ1) is 21.6. The second-order valence-electron chi connectivity index (χ2n) is 6.92. The molecule has 1 aromatic carbocycles. The Morgan fingerprint density at radius 2 is 2.00 bits per heavy atom. The zero-order valence-corrected chi connectivity index (χ0v) is 17.6. The van der Waals surface area contributed by atoms with Crippen LogP contribution in [0.4, 0.5) is 5.95 Å². The van der Waals surface area contributed by atoms with Gasteiger partial charge in [-0.1, -0.05) is 11.6 Å². The molecule has 1 atom stereocenters. The molecule has 1 aliphatic rings. The van der Waals surface area contributed by atoms with Crippen LogP contribution in [-0.2, 0) is 9.59 Å². The lowest BCUT2D eigenvalue weighted by Crippen LogP contribution is -2.50. The largest absolute Gasteiger partial charge is 0.484 e. The maximum absolute atomic E-state index is 12.5. The maximum Gasteiger partial charge on any atom is 0.276 e. The first-order valence-electron chi connectivity index (χ1n) is 9.56. The quantitative estimate of drug-likeness (QED) is 0.670. The number of rotatable bonds is 6. The van der Waals surface area contributed by atoms with E-state index in [2.05, 4.69) is 20.8 Å². The van der Waals surface area contributed by atoms with Crippen molar-refractivity contribution >= 4 is 29.4 Å². The summed E-state index contributed by atoms with van der Waals surface area (Å²) >= 11 is 5.81. The number of amides is 2. The smallest absolute Gasteiger partial charge is 0.276 e. The fourth-order valence-corrected chi connectivity index (χ4v) is 3.22. The number of ether oxygens (including phenoxy) is 2. The van der Waals surface area contributed by atoms with Crippen molar-refractivity contribution in [1.82, 2.24) is 20.8 Å². The topological polar surface area (TPSA) is 106 Å². The number of nitrogens with one attached hydrogen (secondary N) is 2. The second-order valence-corrected chi connectivity index (χ2v) is 7.35. The summed E-state index contributed by atoms with van der Waals surface area (Å²) in [4.78, 5) is 35.2. The van der Waals surface area contributed by atoms with Crippen LogP contribution in [0.2, 0.25) is 5.02 Å². The van der Waals surface area contributed by atoms with E-state index in [0.29, 0.717) is 35.6 Å². The molecule has 1 aliphatic heterocycles. The lowest BCUT2D eigenvalue weighted by Gasteiger charge is -2.32. The van der Waals surface area contributed by atoms with Gasteiger partial charge >= 0.3 is 0 Å². The first-order valence-corrected chi connectivity index (χ1v) is 9.94. The average Bonchev–Trinajstić information content (AvgIpc) is 2.76. The number of benzene rings is 1. The number of aromatic nitrogens is 2. The summed E-state index contributed by atoms with van der Waals surface area (Å²) in [6.45, 7) is 2.84. The van der Waals surface area contributed by atoms with Crippen LogP contribution in [0.1, 0.15) is 18.5 Å². The molecule has 160 valence electrons. The van der Waals surface area contributed by atoms with Crippen molar-refractivity contribution in [1.29, 1.82) is 0 Å². The second kappa shape index (κ2) is 10.1. The molecule has 3 rings (SSSR count). The Kier molecular flexibility index (Phi) is 7.29. The van der Waals surface area contributed by atoms with Crippen LogP contribution >= 0.6 is 11.6 Å². The van der Waals surface area contributed by atoms with Crippen molar-refractivity contribution in [3.8, 4) is 11.6 Å². The third kappa shape index (κ3) is 5.96. The lowest BCUT2D eigenvalue weighted by atomic mass is 9.98. The monoisotopic (exact) mass is 433 g/mol. The molecular formula is C20H24ClN5O4. The van der Waals surface area contributed by atoms with Gasteiger partial charge in [-0.05, 0) is 44.0 Å². The molecule has 2 amide bonds. The standard InChI is InChI=1S/C20H24ClN5O4/c1-13-10-18(29-2)23-20(22-13)26-9-3-4-14(11-26)19(28)25-24-17(27)12-30-16-7-5-15(21)6-8-16/h5-8,10,14H,3-4,9,11-12H2,1-2H3,(H,24,27)(H,25,28). The summed E-state index contributed by atoms with van der Waals surface area (Å²) in [5.41, 5.74) is 5.64. The van der Waals surface area contributed by atoms with Crippen LogP contribution in [0.15, 0.2) is 30.3 Å². The Morgan fingerprint density at radius 1 is 1.23 bits per heavy atom. The Balaban J connectivity index is 1.48. The van der Waals surface area contributed by atoms with Gasteiger partial charge < -0.3 is 14.4 Å². The van der Waals surface area contributed by atoms with E-state index in [1.54, 1.807) is 37.4 Å². The number of piperidine rings is 1. The molecular weight excluding hydrogens is 410 g/mol. The van der Waals surface area contributed by atoms with Gasteiger partial charge in [0.25, 0.3) is 5.91 Å². The highest BCUT2D eigenvalue weighted by molar-refractivity contribution is 6.30. The third-order valence-corrected chi connectivity index (χ3v) is 4.86. The third-order valence-electron chi connectivity index (χ3n) is 4.61. The van der Waals surface area contributed by atoms with Crippen LogP contribution < -0.4 is 25.2 Å². The molecule has 10 heteroatoms. The highest BCUT2D eigenvalue weighted by Crippen LogP contribution is 2.22. The van der Waals surface area contributed by atoms with Crippen LogP contribution in [0, 0.1) is 12.8 Å². The number of methoxy groups -OCH3 is 1. The number of carbonyl (C=O) groups excluding carboxylic acids is 2. The van der Waals surface area contributed by atoms with Gasteiger partial charge in [0.05, 0.1) is 13.0 Å². The normalized spacial score (nSPS) is 16.0. The van der Waals surface area contributed by atoms with Gasteiger partial charge in [0, 0.05) is 29.9 Å². The predicted molar refractivity (Wildman–Crippen MR) is 111 cm³/mol. The van der Waals surface area contributed by atoms with Gasteiger partial charge in [-0.15, -0.1) is 0 Å². The molecule has 2 heterocycles. The van der Waals surface area contributed by atoms with Crippen molar-refractivity contribution < 1.29 is 19.1 Å². The summed E-state index contributed by atoms with van der Waals surface area (Å²) in [6.07, 6.45) is 1.52. The van der Waals surface area contributed by atoms with Gasteiger partial charge in [0.1, 0.15) is 5.75 Å². The minimum atomic E-state index is -0.460. The van der Waals surface area contributed by atoms with Gasteiger partial charge in [-0.2, -0.15) is 4.98 Å². The molecule has 2 N–H and O–H groups in total. The molecule has 0 spiro atoms. The number of hydrogen-bond donors (Lipinski definition) is 2. The van der Waals surface area contributed by atoms with E-state index in [-0.39, 0.29) is 18.4 Å². The lowest BCUT2D eigenvalue weighted by molar-refractivity contribution is -0.132. The Bertz CT molecular complexity index is 893. The molecule has 2 aromatic rings. The van der Waals surface area contributed by atoms with Crippen molar-refractivity contribution in [2.75, 3.05) is 31.7 Å². The molecule has 0 bridgehead atoms. The molecule has 1 aromatic heterocycles.